The van der Waals surface area contributed by atoms with Gasteiger partial charge in [0.1, 0.15) is 17.1 Å². The molecule has 0 saturated heterocycles. The summed E-state index contributed by atoms with van der Waals surface area (Å²) in [5, 5.41) is 10.0. The fourth-order valence-corrected chi connectivity index (χ4v) is 3.38. The fourth-order valence-electron chi connectivity index (χ4n) is 2.86. The second-order valence-electron chi connectivity index (χ2n) is 5.77. The van der Waals surface area contributed by atoms with Crippen LogP contribution in [0.1, 0.15) is 5.56 Å². The van der Waals surface area contributed by atoms with Crippen LogP contribution in [-0.2, 0) is 0 Å². The van der Waals surface area contributed by atoms with E-state index in [9.17, 15) is 5.11 Å². The molecule has 0 unspecified atom stereocenters. The van der Waals surface area contributed by atoms with Crippen LogP contribution in [0.2, 0.25) is 0 Å². The Morgan fingerprint density at radius 2 is 1.67 bits per heavy atom. The molecule has 0 atom stereocenters. The van der Waals surface area contributed by atoms with Gasteiger partial charge in [-0.3, -0.25) is 4.57 Å². The Labute approximate surface area is 148 Å². The van der Waals surface area contributed by atoms with Gasteiger partial charge in [-0.25, -0.2) is 4.98 Å². The molecule has 0 radical (unpaired) electrons. The SMILES string of the molecule is Cc1ccc(-n2c(-c3ccccc3)nc3c(Br)cc(O)cc32)cc1. The zero-order chi connectivity index (χ0) is 16.7. The van der Waals surface area contributed by atoms with E-state index in [-0.39, 0.29) is 5.75 Å². The molecule has 3 nitrogen and oxygen atoms in total. The van der Waals surface area contributed by atoms with Crippen LogP contribution in [0.5, 0.6) is 5.75 Å². The summed E-state index contributed by atoms with van der Waals surface area (Å²) >= 11 is 3.52. The Hall–Kier alpha value is -2.59. The topological polar surface area (TPSA) is 38.0 Å². The van der Waals surface area contributed by atoms with Crippen LogP contribution in [0.15, 0.2) is 71.2 Å². The quantitative estimate of drug-likeness (QED) is 0.502. The van der Waals surface area contributed by atoms with Crippen molar-refractivity contribution >= 4 is 27.0 Å². The number of hydrogen-bond donors (Lipinski definition) is 1. The van der Waals surface area contributed by atoms with Crippen LogP contribution in [0.4, 0.5) is 0 Å². The monoisotopic (exact) mass is 378 g/mol. The first-order valence-electron chi connectivity index (χ1n) is 7.67. The highest BCUT2D eigenvalue weighted by atomic mass is 79.9. The number of imidazole rings is 1. The van der Waals surface area contributed by atoms with Gasteiger partial charge in [-0.2, -0.15) is 0 Å². The van der Waals surface area contributed by atoms with Crippen molar-refractivity contribution in [3.8, 4) is 22.8 Å². The number of halogens is 1. The van der Waals surface area contributed by atoms with Gasteiger partial charge in [-0.1, -0.05) is 48.0 Å². The maximum Gasteiger partial charge on any atom is 0.145 e. The molecule has 0 amide bonds. The Balaban J connectivity index is 2.09. The van der Waals surface area contributed by atoms with Gasteiger partial charge in [0.15, 0.2) is 0 Å². The third kappa shape index (κ3) is 2.49. The first kappa shape index (κ1) is 15.0. The molecule has 3 aromatic carbocycles. The van der Waals surface area contributed by atoms with Crippen molar-refractivity contribution in [1.29, 1.82) is 0 Å². The summed E-state index contributed by atoms with van der Waals surface area (Å²) in [7, 11) is 0. The van der Waals surface area contributed by atoms with Gasteiger partial charge >= 0.3 is 0 Å². The zero-order valence-electron chi connectivity index (χ0n) is 13.1. The van der Waals surface area contributed by atoms with Crippen molar-refractivity contribution in [2.24, 2.45) is 0 Å². The van der Waals surface area contributed by atoms with Crippen molar-refractivity contribution in [1.82, 2.24) is 9.55 Å². The Morgan fingerprint density at radius 1 is 0.958 bits per heavy atom. The van der Waals surface area contributed by atoms with Crippen LogP contribution in [0.25, 0.3) is 28.1 Å². The molecule has 4 aromatic rings. The van der Waals surface area contributed by atoms with Crippen LogP contribution in [0, 0.1) is 6.92 Å². The van der Waals surface area contributed by atoms with Crippen LogP contribution in [0.3, 0.4) is 0 Å². The van der Waals surface area contributed by atoms with Gasteiger partial charge in [-0.05, 0) is 41.1 Å². The maximum atomic E-state index is 10.0. The van der Waals surface area contributed by atoms with Crippen LogP contribution < -0.4 is 0 Å². The zero-order valence-corrected chi connectivity index (χ0v) is 14.7. The first-order chi connectivity index (χ1) is 11.6. The highest BCUT2D eigenvalue weighted by Crippen LogP contribution is 2.34. The molecule has 0 aliphatic heterocycles. The van der Waals surface area contributed by atoms with Gasteiger partial charge in [0.2, 0.25) is 0 Å². The standard InChI is InChI=1S/C20H15BrN2O/c1-13-7-9-15(10-8-13)23-18-12-16(24)11-17(21)19(18)22-20(23)14-5-3-2-4-6-14/h2-12,24H,1H3. The number of rotatable bonds is 2. The minimum absolute atomic E-state index is 0.210. The number of nitrogens with zero attached hydrogens (tertiary/aromatic N) is 2. The lowest BCUT2D eigenvalue weighted by molar-refractivity contribution is 0.475. The van der Waals surface area contributed by atoms with Crippen LogP contribution >= 0.6 is 15.9 Å². The van der Waals surface area contributed by atoms with Gasteiger partial charge in [0.05, 0.1) is 5.52 Å². The van der Waals surface area contributed by atoms with Gasteiger partial charge in [-0.15, -0.1) is 0 Å². The molecule has 1 N–H and O–H groups in total. The lowest BCUT2D eigenvalue weighted by atomic mass is 10.2. The lowest BCUT2D eigenvalue weighted by Crippen LogP contribution is -1.97. The van der Waals surface area contributed by atoms with Crippen molar-refractivity contribution < 1.29 is 5.11 Å². The molecule has 0 bridgehead atoms. The molecule has 24 heavy (non-hydrogen) atoms. The summed E-state index contributed by atoms with van der Waals surface area (Å²) in [6.07, 6.45) is 0. The fraction of sp³-hybridized carbons (Fsp3) is 0.0500. The van der Waals surface area contributed by atoms with Crippen molar-refractivity contribution in [2.75, 3.05) is 0 Å². The number of aromatic hydroxyl groups is 1. The number of phenolic OH excluding ortho intramolecular Hbond substituents is 1. The maximum absolute atomic E-state index is 10.0. The highest BCUT2D eigenvalue weighted by Gasteiger charge is 2.17. The van der Waals surface area contributed by atoms with E-state index in [0.717, 1.165) is 32.6 Å². The molecule has 1 aromatic heterocycles. The average Bonchev–Trinajstić information content (AvgIpc) is 2.96. The Morgan fingerprint density at radius 3 is 2.38 bits per heavy atom. The van der Waals surface area contributed by atoms with E-state index >= 15 is 0 Å². The van der Waals surface area contributed by atoms with E-state index in [4.69, 9.17) is 4.98 Å². The van der Waals surface area contributed by atoms with E-state index in [1.807, 2.05) is 30.3 Å². The molecule has 0 saturated carbocycles. The molecule has 0 aliphatic carbocycles. The van der Waals surface area contributed by atoms with Crippen molar-refractivity contribution in [2.45, 2.75) is 6.92 Å². The number of aryl methyl sites for hydroxylation is 1. The third-order valence-corrected chi connectivity index (χ3v) is 4.63. The summed E-state index contributed by atoms with van der Waals surface area (Å²) in [4.78, 5) is 4.83. The molecule has 0 fully saturated rings. The van der Waals surface area contributed by atoms with E-state index in [1.54, 1.807) is 12.1 Å². The largest absolute Gasteiger partial charge is 0.508 e. The summed E-state index contributed by atoms with van der Waals surface area (Å²) in [5.74, 6) is 1.06. The Bertz CT molecular complexity index is 1020. The predicted octanol–water partition coefficient (Wildman–Crippen LogP) is 5.47. The molecular formula is C20H15BrN2O. The van der Waals surface area contributed by atoms with E-state index < -0.39 is 0 Å². The Kier molecular flexibility index (Phi) is 3.62. The molecule has 4 heteroatoms. The average molecular weight is 379 g/mol. The number of phenols is 1. The summed E-state index contributed by atoms with van der Waals surface area (Å²) in [5.41, 5.74) is 4.94. The number of hydrogen-bond acceptors (Lipinski definition) is 2. The van der Waals surface area contributed by atoms with Crippen molar-refractivity contribution in [3.05, 3.63) is 76.8 Å². The number of fused-ring (bicyclic) bond motifs is 1. The van der Waals surface area contributed by atoms with E-state index in [0.29, 0.717) is 0 Å². The molecule has 4 rings (SSSR count). The first-order valence-corrected chi connectivity index (χ1v) is 8.46. The minimum atomic E-state index is 0.210. The highest BCUT2D eigenvalue weighted by molar-refractivity contribution is 9.10. The van der Waals surface area contributed by atoms with Gasteiger partial charge in [0.25, 0.3) is 0 Å². The van der Waals surface area contributed by atoms with Crippen LogP contribution in [-0.4, -0.2) is 14.7 Å². The van der Waals surface area contributed by atoms with Gasteiger partial charge < -0.3 is 5.11 Å². The molecule has 0 spiro atoms. The van der Waals surface area contributed by atoms with E-state index in [1.165, 1.54) is 5.56 Å². The predicted molar refractivity (Wildman–Crippen MR) is 101 cm³/mol. The second kappa shape index (κ2) is 5.80. The summed E-state index contributed by atoms with van der Waals surface area (Å²) in [6.45, 7) is 2.07. The van der Waals surface area contributed by atoms with E-state index in [2.05, 4.69) is 51.7 Å². The normalized spacial score (nSPS) is 11.1. The number of aromatic nitrogens is 2. The lowest BCUT2D eigenvalue weighted by Gasteiger charge is -2.10. The molecule has 0 aliphatic rings. The summed E-state index contributed by atoms with van der Waals surface area (Å²) in [6, 6.07) is 21.8. The van der Waals surface area contributed by atoms with Crippen molar-refractivity contribution in [3.63, 3.8) is 0 Å². The smallest absolute Gasteiger partial charge is 0.145 e. The molecular weight excluding hydrogens is 364 g/mol. The minimum Gasteiger partial charge on any atom is -0.508 e. The number of benzene rings is 3. The molecule has 118 valence electrons. The molecule has 1 heterocycles. The third-order valence-electron chi connectivity index (χ3n) is 4.02. The van der Waals surface area contributed by atoms with Gasteiger partial charge in [0, 0.05) is 21.8 Å². The second-order valence-corrected chi connectivity index (χ2v) is 6.62. The summed E-state index contributed by atoms with van der Waals surface area (Å²) < 4.78 is 2.86.